The van der Waals surface area contributed by atoms with Crippen LogP contribution in [-0.2, 0) is 0 Å². The van der Waals surface area contributed by atoms with Gasteiger partial charge in [-0.25, -0.2) is 0 Å². The Labute approximate surface area is 73.7 Å². The number of benzene rings is 1. The standard InChI is InChI=1S/C10H7F3/c11-10(12,13)9-6-8(9)7-4-2-1-3-5-7/h1-5H,6H2. The molecule has 0 aromatic heterocycles. The summed E-state index contributed by atoms with van der Waals surface area (Å²) >= 11 is 0. The lowest BCUT2D eigenvalue weighted by Crippen LogP contribution is -2.03. The van der Waals surface area contributed by atoms with Crippen LogP contribution in [0.2, 0.25) is 0 Å². The Kier molecular flexibility index (Phi) is 1.68. The summed E-state index contributed by atoms with van der Waals surface area (Å²) in [5, 5.41) is 0. The molecule has 0 atom stereocenters. The molecule has 0 saturated carbocycles. The van der Waals surface area contributed by atoms with Crippen LogP contribution in [0.1, 0.15) is 12.0 Å². The average molecular weight is 184 g/mol. The van der Waals surface area contributed by atoms with Crippen LogP contribution in [-0.4, -0.2) is 6.18 Å². The van der Waals surface area contributed by atoms with Crippen molar-refractivity contribution in [3.05, 3.63) is 41.5 Å². The van der Waals surface area contributed by atoms with E-state index >= 15 is 0 Å². The zero-order valence-corrected chi connectivity index (χ0v) is 6.73. The predicted octanol–water partition coefficient (Wildman–Crippen LogP) is 3.41. The van der Waals surface area contributed by atoms with Crippen LogP contribution >= 0.6 is 0 Å². The van der Waals surface area contributed by atoms with Crippen molar-refractivity contribution in [1.82, 2.24) is 0 Å². The van der Waals surface area contributed by atoms with Crippen molar-refractivity contribution in [1.29, 1.82) is 0 Å². The maximum Gasteiger partial charge on any atom is 0.413 e. The molecule has 1 aliphatic carbocycles. The average Bonchev–Trinajstić information content (AvgIpc) is 2.83. The lowest BCUT2D eigenvalue weighted by molar-refractivity contribution is -0.0873. The molecule has 2 rings (SSSR count). The molecule has 0 amide bonds. The van der Waals surface area contributed by atoms with E-state index in [9.17, 15) is 13.2 Å². The van der Waals surface area contributed by atoms with E-state index in [4.69, 9.17) is 0 Å². The van der Waals surface area contributed by atoms with E-state index in [1.165, 1.54) is 0 Å². The lowest BCUT2D eigenvalue weighted by atomic mass is 10.2. The van der Waals surface area contributed by atoms with Gasteiger partial charge in [-0.1, -0.05) is 30.3 Å². The normalized spacial score (nSPS) is 16.2. The summed E-state index contributed by atoms with van der Waals surface area (Å²) in [5.74, 6) is 0. The fraction of sp³-hybridized carbons (Fsp3) is 0.200. The van der Waals surface area contributed by atoms with Crippen molar-refractivity contribution >= 4 is 5.57 Å². The smallest absolute Gasteiger partial charge is 0.166 e. The molecule has 0 spiro atoms. The number of hydrogen-bond acceptors (Lipinski definition) is 0. The molecule has 0 saturated heterocycles. The van der Waals surface area contributed by atoms with Gasteiger partial charge in [0.15, 0.2) is 0 Å². The molecule has 0 fully saturated rings. The molecule has 0 unspecified atom stereocenters. The lowest BCUT2D eigenvalue weighted by Gasteiger charge is -1.97. The third kappa shape index (κ3) is 1.59. The molecule has 0 nitrogen and oxygen atoms in total. The molecule has 1 aliphatic rings. The number of rotatable bonds is 1. The minimum absolute atomic E-state index is 0.0908. The highest BCUT2D eigenvalue weighted by Crippen LogP contribution is 2.49. The van der Waals surface area contributed by atoms with E-state index in [0.717, 1.165) is 0 Å². The van der Waals surface area contributed by atoms with Crippen molar-refractivity contribution in [2.24, 2.45) is 0 Å². The van der Waals surface area contributed by atoms with Crippen LogP contribution in [0, 0.1) is 0 Å². The third-order valence-corrected chi connectivity index (χ3v) is 2.06. The second-order valence-corrected chi connectivity index (χ2v) is 3.00. The Morgan fingerprint density at radius 3 is 2.08 bits per heavy atom. The highest BCUT2D eigenvalue weighted by Gasteiger charge is 2.44. The van der Waals surface area contributed by atoms with Gasteiger partial charge in [-0.15, -0.1) is 0 Å². The van der Waals surface area contributed by atoms with Crippen LogP contribution < -0.4 is 0 Å². The summed E-state index contributed by atoms with van der Waals surface area (Å²) in [6.07, 6.45) is -4.04. The highest BCUT2D eigenvalue weighted by molar-refractivity contribution is 5.83. The summed E-state index contributed by atoms with van der Waals surface area (Å²) in [5.41, 5.74) is 0.752. The van der Waals surface area contributed by atoms with Crippen LogP contribution in [0.5, 0.6) is 0 Å². The zero-order chi connectivity index (χ0) is 9.47. The molecule has 68 valence electrons. The van der Waals surface area contributed by atoms with Gasteiger partial charge in [0.05, 0.1) is 0 Å². The second-order valence-electron chi connectivity index (χ2n) is 3.00. The van der Waals surface area contributed by atoms with Gasteiger partial charge in [0.1, 0.15) is 0 Å². The van der Waals surface area contributed by atoms with Gasteiger partial charge in [-0.3, -0.25) is 0 Å². The van der Waals surface area contributed by atoms with E-state index in [1.54, 1.807) is 30.3 Å². The molecule has 0 aliphatic heterocycles. The first-order chi connectivity index (χ1) is 6.09. The highest BCUT2D eigenvalue weighted by atomic mass is 19.4. The van der Waals surface area contributed by atoms with E-state index < -0.39 is 6.18 Å². The molecule has 3 heteroatoms. The molecule has 0 heterocycles. The molecular weight excluding hydrogens is 177 g/mol. The number of alkyl halides is 3. The molecule has 13 heavy (non-hydrogen) atoms. The summed E-state index contributed by atoms with van der Waals surface area (Å²) in [6, 6.07) is 8.69. The van der Waals surface area contributed by atoms with Crippen molar-refractivity contribution < 1.29 is 13.2 Å². The van der Waals surface area contributed by atoms with Crippen molar-refractivity contribution in [3.63, 3.8) is 0 Å². The monoisotopic (exact) mass is 184 g/mol. The van der Waals surface area contributed by atoms with Crippen LogP contribution in [0.25, 0.3) is 5.57 Å². The molecule has 0 bridgehead atoms. The third-order valence-electron chi connectivity index (χ3n) is 2.06. The summed E-state index contributed by atoms with van der Waals surface area (Å²) in [7, 11) is 0. The fourth-order valence-electron chi connectivity index (χ4n) is 1.32. The minimum atomic E-state index is -4.13. The van der Waals surface area contributed by atoms with Gasteiger partial charge >= 0.3 is 6.18 Å². The van der Waals surface area contributed by atoms with Crippen LogP contribution in [0.15, 0.2) is 35.9 Å². The molecule has 0 N–H and O–H groups in total. The zero-order valence-electron chi connectivity index (χ0n) is 6.73. The SMILES string of the molecule is FC(F)(F)C1=C(c2ccccc2)C1. The number of allylic oxidation sites excluding steroid dienone is 2. The van der Waals surface area contributed by atoms with Crippen molar-refractivity contribution in [2.45, 2.75) is 12.6 Å². The van der Waals surface area contributed by atoms with Crippen molar-refractivity contribution in [3.8, 4) is 0 Å². The number of halogens is 3. The molecule has 0 radical (unpaired) electrons. The van der Waals surface area contributed by atoms with Gasteiger partial charge < -0.3 is 0 Å². The van der Waals surface area contributed by atoms with Crippen molar-refractivity contribution in [2.75, 3.05) is 0 Å². The Bertz CT molecular complexity index is 346. The molecule has 1 aromatic rings. The Hall–Kier alpha value is -1.25. The molecular formula is C10H7F3. The van der Waals surface area contributed by atoms with Gasteiger partial charge in [-0.2, -0.15) is 13.2 Å². The maximum absolute atomic E-state index is 12.1. The Balaban J connectivity index is 2.29. The molecule has 1 aromatic carbocycles. The van der Waals surface area contributed by atoms with E-state index in [2.05, 4.69) is 0 Å². The Morgan fingerprint density at radius 2 is 1.62 bits per heavy atom. The summed E-state index contributed by atoms with van der Waals surface area (Å²) in [4.78, 5) is 0. The predicted molar refractivity (Wildman–Crippen MR) is 44.0 cm³/mol. The minimum Gasteiger partial charge on any atom is -0.166 e. The van der Waals surface area contributed by atoms with Gasteiger partial charge in [0.25, 0.3) is 0 Å². The first-order valence-electron chi connectivity index (χ1n) is 3.93. The maximum atomic E-state index is 12.1. The van der Waals surface area contributed by atoms with Gasteiger partial charge in [0.2, 0.25) is 0 Å². The van der Waals surface area contributed by atoms with Crippen LogP contribution in [0.3, 0.4) is 0 Å². The summed E-state index contributed by atoms with van der Waals surface area (Å²) in [6.45, 7) is 0. The number of hydrogen-bond donors (Lipinski definition) is 0. The van der Waals surface area contributed by atoms with E-state index in [1.807, 2.05) is 0 Å². The summed E-state index contributed by atoms with van der Waals surface area (Å²) < 4.78 is 36.4. The Morgan fingerprint density at radius 1 is 1.00 bits per heavy atom. The topological polar surface area (TPSA) is 0 Å². The largest absolute Gasteiger partial charge is 0.413 e. The van der Waals surface area contributed by atoms with Gasteiger partial charge in [0, 0.05) is 12.0 Å². The first kappa shape index (κ1) is 8.35. The van der Waals surface area contributed by atoms with Crippen LogP contribution in [0.4, 0.5) is 13.2 Å². The fourth-order valence-corrected chi connectivity index (χ4v) is 1.32. The van der Waals surface area contributed by atoms with Gasteiger partial charge in [-0.05, 0) is 11.1 Å². The quantitative estimate of drug-likeness (QED) is 0.627. The first-order valence-corrected chi connectivity index (χ1v) is 3.93. The van der Waals surface area contributed by atoms with E-state index in [-0.39, 0.29) is 12.0 Å². The van der Waals surface area contributed by atoms with E-state index in [0.29, 0.717) is 11.1 Å². The second kappa shape index (κ2) is 2.62.